The van der Waals surface area contributed by atoms with Crippen molar-refractivity contribution in [3.8, 4) is 0 Å². The Morgan fingerprint density at radius 1 is 0.818 bits per heavy atom. The number of nitrogens with one attached hydrogen (secondary N) is 2. The molecule has 0 saturated carbocycles. The Morgan fingerprint density at radius 2 is 1.49 bits per heavy atom. The van der Waals surface area contributed by atoms with E-state index in [9.17, 15) is 18.3 Å². The average Bonchev–Trinajstić information content (AvgIpc) is 3.22. The first kappa shape index (κ1) is 38.3. The lowest BCUT2D eigenvalue weighted by atomic mass is 9.99. The van der Waals surface area contributed by atoms with Crippen molar-refractivity contribution in [3.05, 3.63) is 149 Å². The van der Waals surface area contributed by atoms with Crippen molar-refractivity contribution in [3.63, 3.8) is 0 Å². The molecule has 2 aliphatic heterocycles. The minimum absolute atomic E-state index is 0.0331. The molecule has 12 nitrogen and oxygen atoms in total. The maximum absolute atomic E-state index is 13.7. The van der Waals surface area contributed by atoms with Gasteiger partial charge in [-0.1, -0.05) is 84.4 Å². The maximum Gasteiger partial charge on any atom is 0.242 e. The van der Waals surface area contributed by atoms with Crippen LogP contribution in [0.15, 0.2) is 126 Å². The molecule has 3 N–H and O–H groups in total. The Bertz CT molecular complexity index is 2100. The zero-order chi connectivity index (χ0) is 38.2. The normalized spacial score (nSPS) is 19.8. The van der Waals surface area contributed by atoms with Gasteiger partial charge in [0, 0.05) is 62.8 Å². The molecule has 2 saturated heterocycles. The number of piperazine rings is 1. The highest BCUT2D eigenvalue weighted by Crippen LogP contribution is 2.38. The molecule has 2 aliphatic rings. The third-order valence-electron chi connectivity index (χ3n) is 9.96. The lowest BCUT2D eigenvalue weighted by Crippen LogP contribution is -2.50. The van der Waals surface area contributed by atoms with E-state index < -0.39 is 28.3 Å². The molecule has 3 heterocycles. The first-order valence-corrected chi connectivity index (χ1v) is 20.0. The number of hydrogen-bond donors (Lipinski definition) is 3. The number of aryl methyl sites for hydroxylation is 1. The van der Waals surface area contributed by atoms with Crippen LogP contribution in [0.3, 0.4) is 0 Å². The molecule has 1 aromatic heterocycles. The Kier molecular flexibility index (Phi) is 12.3. The Labute approximate surface area is 322 Å². The zero-order valence-electron chi connectivity index (χ0n) is 30.7. The highest BCUT2D eigenvalue weighted by Gasteiger charge is 2.34. The van der Waals surface area contributed by atoms with Gasteiger partial charge in [0.2, 0.25) is 21.9 Å². The molecular formula is C42H46N6O6S. The number of aromatic nitrogens is 2. The number of amides is 1. The van der Waals surface area contributed by atoms with Gasteiger partial charge in [-0.15, -0.1) is 0 Å². The second-order valence-corrected chi connectivity index (χ2v) is 15.7. The van der Waals surface area contributed by atoms with Gasteiger partial charge < -0.3 is 24.8 Å². The van der Waals surface area contributed by atoms with Gasteiger partial charge in [-0.3, -0.25) is 9.69 Å². The summed E-state index contributed by atoms with van der Waals surface area (Å²) in [5.74, 6) is 0.258. The Morgan fingerprint density at radius 3 is 2.16 bits per heavy atom. The van der Waals surface area contributed by atoms with E-state index in [1.165, 1.54) is 12.1 Å². The highest BCUT2D eigenvalue weighted by atomic mass is 32.2. The first-order valence-electron chi connectivity index (χ1n) is 18.5. The van der Waals surface area contributed by atoms with E-state index >= 15 is 0 Å². The Hall–Kier alpha value is -5.02. The molecule has 7 rings (SSSR count). The van der Waals surface area contributed by atoms with E-state index in [-0.39, 0.29) is 30.1 Å². The predicted octanol–water partition coefficient (Wildman–Crippen LogP) is 5.17. The molecule has 0 aliphatic carbocycles. The highest BCUT2D eigenvalue weighted by molar-refractivity contribution is 7.89. The molecular weight excluding hydrogens is 717 g/mol. The summed E-state index contributed by atoms with van der Waals surface area (Å²) in [5.41, 5.74) is 4.87. The van der Waals surface area contributed by atoms with Gasteiger partial charge in [0.25, 0.3) is 0 Å². The van der Waals surface area contributed by atoms with E-state index in [0.717, 1.165) is 66.5 Å². The number of sulfonamides is 1. The van der Waals surface area contributed by atoms with Gasteiger partial charge in [0.15, 0.2) is 6.29 Å². The summed E-state index contributed by atoms with van der Waals surface area (Å²) in [6.45, 7) is 5.90. The van der Waals surface area contributed by atoms with Crippen molar-refractivity contribution >= 4 is 27.6 Å². The van der Waals surface area contributed by atoms with Crippen LogP contribution in [0.5, 0.6) is 0 Å². The van der Waals surface area contributed by atoms with Crippen molar-refractivity contribution in [1.82, 2.24) is 19.6 Å². The lowest BCUT2D eigenvalue weighted by Gasteiger charge is -2.40. The van der Waals surface area contributed by atoms with E-state index in [2.05, 4.69) is 29.8 Å². The summed E-state index contributed by atoms with van der Waals surface area (Å²) in [6, 6.07) is 31.6. The number of aliphatic hydroxyl groups is 1. The number of rotatable bonds is 13. The first-order chi connectivity index (χ1) is 26.7. The molecule has 0 bridgehead atoms. The predicted molar refractivity (Wildman–Crippen MR) is 210 cm³/mol. The SMILES string of the molecule is Cc1ccc(S(=O)(=O)N[C@H](Cc2ccccc2)C(=O)Nc2ccc([C@@H]3O[C@H](CN4CCN(c5ncccn5)CC4)C[C@H](c4ccc(CO)cc4)O3)cc2)cc1. The minimum Gasteiger partial charge on any atom is -0.392 e. The quantitative estimate of drug-likeness (QED) is 0.147. The van der Waals surface area contributed by atoms with Crippen LogP contribution in [0.4, 0.5) is 11.6 Å². The van der Waals surface area contributed by atoms with E-state index in [0.29, 0.717) is 12.1 Å². The molecule has 5 aromatic rings. The largest absolute Gasteiger partial charge is 0.392 e. The van der Waals surface area contributed by atoms with Gasteiger partial charge in [0.1, 0.15) is 6.04 Å². The molecule has 55 heavy (non-hydrogen) atoms. The third kappa shape index (κ3) is 10.00. The summed E-state index contributed by atoms with van der Waals surface area (Å²) in [6.07, 6.45) is 3.31. The van der Waals surface area contributed by atoms with Gasteiger partial charge in [0.05, 0.1) is 23.7 Å². The van der Waals surface area contributed by atoms with Crippen LogP contribution in [0, 0.1) is 6.92 Å². The van der Waals surface area contributed by atoms with Gasteiger partial charge in [-0.25, -0.2) is 18.4 Å². The topological polar surface area (TPSA) is 146 Å². The van der Waals surface area contributed by atoms with Gasteiger partial charge >= 0.3 is 0 Å². The second kappa shape index (κ2) is 17.6. The molecule has 2 fully saturated rings. The van der Waals surface area contributed by atoms with E-state index in [1.807, 2.05) is 79.7 Å². The van der Waals surface area contributed by atoms with Crippen LogP contribution in [0.1, 0.15) is 46.6 Å². The fourth-order valence-electron chi connectivity index (χ4n) is 6.87. The molecule has 286 valence electrons. The molecule has 0 radical (unpaired) electrons. The van der Waals surface area contributed by atoms with Crippen molar-refractivity contribution < 1.29 is 27.8 Å². The van der Waals surface area contributed by atoms with Crippen molar-refractivity contribution in [2.24, 2.45) is 0 Å². The molecule has 13 heteroatoms. The maximum atomic E-state index is 13.7. The monoisotopic (exact) mass is 762 g/mol. The fraction of sp³-hybridized carbons (Fsp3) is 0.310. The number of anilines is 2. The number of ether oxygens (including phenoxy) is 2. The van der Waals surface area contributed by atoms with Crippen LogP contribution in [0.25, 0.3) is 0 Å². The summed E-state index contributed by atoms with van der Waals surface area (Å²) >= 11 is 0. The summed E-state index contributed by atoms with van der Waals surface area (Å²) < 4.78 is 42.5. The number of carbonyl (C=O) groups is 1. The van der Waals surface area contributed by atoms with Crippen LogP contribution < -0.4 is 14.9 Å². The molecule has 0 spiro atoms. The van der Waals surface area contributed by atoms with Crippen LogP contribution in [-0.2, 0) is 37.3 Å². The fourth-order valence-corrected chi connectivity index (χ4v) is 8.06. The second-order valence-electron chi connectivity index (χ2n) is 14.0. The van der Waals surface area contributed by atoms with E-state index in [1.54, 1.807) is 36.7 Å². The number of carbonyl (C=O) groups excluding carboxylic acids is 1. The van der Waals surface area contributed by atoms with Crippen LogP contribution >= 0.6 is 0 Å². The smallest absolute Gasteiger partial charge is 0.242 e. The summed E-state index contributed by atoms with van der Waals surface area (Å²) in [7, 11) is -3.99. The number of aliphatic hydroxyl groups excluding tert-OH is 1. The van der Waals surface area contributed by atoms with Crippen molar-refractivity contribution in [1.29, 1.82) is 0 Å². The van der Waals surface area contributed by atoms with Crippen LogP contribution in [-0.4, -0.2) is 79.2 Å². The van der Waals surface area contributed by atoms with Crippen LogP contribution in [0.2, 0.25) is 0 Å². The zero-order valence-corrected chi connectivity index (χ0v) is 31.5. The summed E-state index contributed by atoms with van der Waals surface area (Å²) in [4.78, 5) is 27.2. The number of benzene rings is 4. The third-order valence-corrected chi connectivity index (χ3v) is 11.4. The average molecular weight is 763 g/mol. The Balaban J connectivity index is 1.04. The summed E-state index contributed by atoms with van der Waals surface area (Å²) in [5, 5.41) is 12.5. The standard InChI is InChI=1S/C42H46N6O6S/c1-30-8-18-37(19-9-30)55(51,52)46-38(26-31-6-3-2-4-7-31)40(50)45-35-16-14-34(15-17-35)41-53-36(27-39(54-41)33-12-10-32(29-49)11-13-33)28-47-22-24-48(25-23-47)42-43-20-5-21-44-42/h2-21,36,38-39,41,46,49H,22-29H2,1H3,(H,45,50)/t36-,38+,39+,41+/m0/s1. The molecule has 1 amide bonds. The van der Waals surface area contributed by atoms with Crippen molar-refractivity contribution in [2.75, 3.05) is 42.9 Å². The van der Waals surface area contributed by atoms with Crippen molar-refractivity contribution in [2.45, 2.75) is 55.8 Å². The van der Waals surface area contributed by atoms with Gasteiger partial charge in [-0.2, -0.15) is 4.72 Å². The van der Waals surface area contributed by atoms with Gasteiger partial charge in [-0.05, 0) is 60.4 Å². The molecule has 0 unspecified atom stereocenters. The number of nitrogens with zero attached hydrogens (tertiary/aromatic N) is 4. The molecule has 4 atom stereocenters. The van der Waals surface area contributed by atoms with E-state index in [4.69, 9.17) is 9.47 Å². The lowest BCUT2D eigenvalue weighted by molar-refractivity contribution is -0.253. The minimum atomic E-state index is -3.99. The molecule has 4 aromatic carbocycles. The number of hydrogen-bond acceptors (Lipinski definition) is 10.